The Morgan fingerprint density at radius 3 is 1.50 bits per heavy atom. The van der Waals surface area contributed by atoms with Crippen molar-refractivity contribution < 1.29 is 0 Å². The SMILES string of the molecule is Cc1cccc(N(c2ccc(-c3ccccc3)cc2)c2ccc3c(c2)C(C)(C)c2cc(-c4ccccc4)ccc2-3)c1-c1ccccc1[SiH](c1ccc2ccccc2c1)c1ccc2ccccc2c1. The predicted molar refractivity (Wildman–Crippen MR) is 294 cm³/mol. The van der Waals surface area contributed by atoms with Crippen LogP contribution in [0, 0.1) is 6.92 Å². The smallest absolute Gasteiger partial charge is 0.133 e. The first-order valence-electron chi connectivity index (χ1n) is 23.9. The number of hydrogen-bond donors (Lipinski definition) is 0. The van der Waals surface area contributed by atoms with E-state index >= 15 is 0 Å². The molecule has 11 aromatic carbocycles. The summed E-state index contributed by atoms with van der Waals surface area (Å²) in [7, 11) is -2.10. The van der Waals surface area contributed by atoms with Gasteiger partial charge in [0.05, 0.1) is 5.69 Å². The quantitative estimate of drug-likeness (QED) is 0.103. The van der Waals surface area contributed by atoms with E-state index < -0.39 is 8.80 Å². The molecule has 0 unspecified atom stereocenters. The van der Waals surface area contributed by atoms with E-state index in [2.05, 4.69) is 274 Å². The van der Waals surface area contributed by atoms with E-state index in [1.165, 1.54) is 98.3 Å². The van der Waals surface area contributed by atoms with Crippen LogP contribution in [0.25, 0.3) is 66.1 Å². The molecule has 0 spiro atoms. The van der Waals surface area contributed by atoms with Crippen LogP contribution in [0.4, 0.5) is 17.1 Å². The lowest BCUT2D eigenvalue weighted by Gasteiger charge is -2.31. The standard InChI is InChI=1S/C66H51NSi/c1-45-17-16-27-63(65(45)60-26-14-15-28-64(60)68(56-37-31-48-22-10-12-24-51(48)41-56)57-38-32-49-23-11-13-25-52(49)42-57)67(54-34-29-50(30-35-54)46-18-6-4-7-19-46)55-36-40-59-58-39-33-53(47-20-8-5-9-21-47)43-61(58)66(2,3)62(59)44-55/h4-44,68H,1-3H3. The number of hydrogen-bond acceptors (Lipinski definition) is 1. The molecule has 12 rings (SSSR count). The van der Waals surface area contributed by atoms with Gasteiger partial charge in [-0.1, -0.05) is 237 Å². The van der Waals surface area contributed by atoms with Gasteiger partial charge in [0.25, 0.3) is 0 Å². The highest BCUT2D eigenvalue weighted by atomic mass is 28.3. The van der Waals surface area contributed by atoms with Gasteiger partial charge in [0.1, 0.15) is 8.80 Å². The van der Waals surface area contributed by atoms with E-state index in [-0.39, 0.29) is 5.41 Å². The molecule has 2 heteroatoms. The Morgan fingerprint density at radius 2 is 0.853 bits per heavy atom. The molecule has 0 atom stereocenters. The molecule has 0 amide bonds. The molecule has 0 radical (unpaired) electrons. The molecule has 324 valence electrons. The van der Waals surface area contributed by atoms with Crippen molar-refractivity contribution >= 4 is 63.0 Å². The molecule has 0 aromatic heterocycles. The lowest BCUT2D eigenvalue weighted by molar-refractivity contribution is 0.660. The Kier molecular flexibility index (Phi) is 10.3. The van der Waals surface area contributed by atoms with Crippen molar-refractivity contribution in [1.82, 2.24) is 0 Å². The summed E-state index contributed by atoms with van der Waals surface area (Å²) in [5.41, 5.74) is 17.2. The van der Waals surface area contributed by atoms with Crippen LogP contribution in [0.5, 0.6) is 0 Å². The summed E-state index contributed by atoms with van der Waals surface area (Å²) >= 11 is 0. The van der Waals surface area contributed by atoms with Gasteiger partial charge in [0.15, 0.2) is 0 Å². The Balaban J connectivity index is 1.05. The minimum Gasteiger partial charge on any atom is -0.310 e. The second kappa shape index (κ2) is 17.0. The topological polar surface area (TPSA) is 3.24 Å². The maximum absolute atomic E-state index is 2.52. The van der Waals surface area contributed by atoms with E-state index in [0.717, 1.165) is 17.1 Å². The highest BCUT2D eigenvalue weighted by Crippen LogP contribution is 2.52. The minimum absolute atomic E-state index is 0.213. The summed E-state index contributed by atoms with van der Waals surface area (Å²) in [6, 6.07) is 93.0. The summed E-state index contributed by atoms with van der Waals surface area (Å²) in [6.07, 6.45) is 0. The fraction of sp³-hybridized carbons (Fsp3) is 0.0606. The minimum atomic E-state index is -2.10. The third-order valence-corrected chi connectivity index (χ3v) is 17.7. The van der Waals surface area contributed by atoms with Gasteiger partial charge in [-0.05, 0) is 126 Å². The largest absolute Gasteiger partial charge is 0.310 e. The van der Waals surface area contributed by atoms with Gasteiger partial charge in [-0.15, -0.1) is 0 Å². The monoisotopic (exact) mass is 885 g/mol. The average Bonchev–Trinajstić information content (AvgIpc) is 3.62. The zero-order chi connectivity index (χ0) is 45.8. The lowest BCUT2D eigenvalue weighted by Crippen LogP contribution is -2.52. The molecule has 0 saturated carbocycles. The van der Waals surface area contributed by atoms with Crippen LogP contribution in [0.1, 0.15) is 30.5 Å². The van der Waals surface area contributed by atoms with Gasteiger partial charge in [-0.25, -0.2) is 0 Å². The third-order valence-electron chi connectivity index (χ3n) is 14.5. The molecule has 1 aliphatic rings. The van der Waals surface area contributed by atoms with Crippen molar-refractivity contribution in [2.24, 2.45) is 0 Å². The van der Waals surface area contributed by atoms with E-state index in [0.29, 0.717) is 0 Å². The molecule has 0 bridgehead atoms. The molecule has 0 saturated heterocycles. The Hall–Kier alpha value is -8.04. The molecular weight excluding hydrogens is 835 g/mol. The average molecular weight is 886 g/mol. The lowest BCUT2D eigenvalue weighted by atomic mass is 9.81. The van der Waals surface area contributed by atoms with E-state index in [1.54, 1.807) is 0 Å². The molecule has 11 aromatic rings. The number of rotatable bonds is 9. The van der Waals surface area contributed by atoms with Crippen LogP contribution in [-0.4, -0.2) is 8.80 Å². The highest BCUT2D eigenvalue weighted by molar-refractivity contribution is 6.96. The Labute approximate surface area is 401 Å². The first-order valence-corrected chi connectivity index (χ1v) is 25.6. The summed E-state index contributed by atoms with van der Waals surface area (Å²) in [4.78, 5) is 2.52. The fourth-order valence-electron chi connectivity index (χ4n) is 11.0. The van der Waals surface area contributed by atoms with Crippen LogP contribution < -0.4 is 20.5 Å². The Morgan fingerprint density at radius 1 is 0.353 bits per heavy atom. The van der Waals surface area contributed by atoms with Crippen LogP contribution in [0.3, 0.4) is 0 Å². The van der Waals surface area contributed by atoms with Crippen molar-refractivity contribution in [2.45, 2.75) is 26.2 Å². The number of anilines is 3. The van der Waals surface area contributed by atoms with Gasteiger partial charge >= 0.3 is 0 Å². The maximum Gasteiger partial charge on any atom is 0.133 e. The highest BCUT2D eigenvalue weighted by Gasteiger charge is 2.37. The number of aryl methyl sites for hydroxylation is 1. The van der Waals surface area contributed by atoms with Crippen LogP contribution >= 0.6 is 0 Å². The van der Waals surface area contributed by atoms with Gasteiger partial charge in [0, 0.05) is 22.4 Å². The summed E-state index contributed by atoms with van der Waals surface area (Å²) in [5, 5.41) is 9.32. The van der Waals surface area contributed by atoms with Gasteiger partial charge in [-0.3, -0.25) is 0 Å². The molecule has 0 N–H and O–H groups in total. The zero-order valence-electron chi connectivity index (χ0n) is 38.7. The van der Waals surface area contributed by atoms with Crippen molar-refractivity contribution in [2.75, 3.05) is 4.90 Å². The molecule has 1 nitrogen and oxygen atoms in total. The third kappa shape index (κ3) is 7.26. The first kappa shape index (κ1) is 41.4. The van der Waals surface area contributed by atoms with E-state index in [4.69, 9.17) is 0 Å². The van der Waals surface area contributed by atoms with E-state index in [9.17, 15) is 0 Å². The fourth-order valence-corrected chi connectivity index (χ4v) is 14.3. The van der Waals surface area contributed by atoms with Crippen molar-refractivity contribution in [1.29, 1.82) is 0 Å². The second-order valence-corrected chi connectivity index (χ2v) is 21.8. The first-order chi connectivity index (χ1) is 33.4. The van der Waals surface area contributed by atoms with Gasteiger partial charge < -0.3 is 4.90 Å². The molecule has 0 fully saturated rings. The molecule has 0 heterocycles. The summed E-state index contributed by atoms with van der Waals surface area (Å²) < 4.78 is 0. The maximum atomic E-state index is 2.52. The van der Waals surface area contributed by atoms with Crippen molar-refractivity contribution in [3.05, 3.63) is 265 Å². The number of benzene rings is 11. The second-order valence-electron chi connectivity index (χ2n) is 18.9. The van der Waals surface area contributed by atoms with Crippen LogP contribution in [-0.2, 0) is 5.41 Å². The molecule has 1 aliphatic carbocycles. The van der Waals surface area contributed by atoms with Gasteiger partial charge in [0.2, 0.25) is 0 Å². The Bertz CT molecular complexity index is 3590. The number of fused-ring (bicyclic) bond motifs is 5. The molecule has 68 heavy (non-hydrogen) atoms. The summed E-state index contributed by atoms with van der Waals surface area (Å²) in [6.45, 7) is 7.09. The van der Waals surface area contributed by atoms with Crippen molar-refractivity contribution in [3.8, 4) is 44.5 Å². The van der Waals surface area contributed by atoms with Gasteiger partial charge in [-0.2, -0.15) is 0 Å². The van der Waals surface area contributed by atoms with Crippen LogP contribution in [0.15, 0.2) is 249 Å². The van der Waals surface area contributed by atoms with Crippen LogP contribution in [0.2, 0.25) is 0 Å². The zero-order valence-corrected chi connectivity index (χ0v) is 39.9. The normalized spacial score (nSPS) is 12.6. The molecular formula is C66H51NSi. The molecule has 0 aliphatic heterocycles. The van der Waals surface area contributed by atoms with Crippen molar-refractivity contribution in [3.63, 3.8) is 0 Å². The summed E-state index contributed by atoms with van der Waals surface area (Å²) in [5.74, 6) is 0. The predicted octanol–water partition coefficient (Wildman–Crippen LogP) is 15.3. The number of nitrogens with zero attached hydrogens (tertiary/aromatic N) is 1. The van der Waals surface area contributed by atoms with E-state index in [1.807, 2.05) is 0 Å².